The Morgan fingerprint density at radius 1 is 1.06 bits per heavy atom. The Labute approximate surface area is 208 Å². The van der Waals surface area contributed by atoms with Crippen LogP contribution in [0.2, 0.25) is 0 Å². The minimum atomic E-state index is -2.93. The monoisotopic (exact) mass is 512 g/mol. The predicted octanol–water partition coefficient (Wildman–Crippen LogP) is 2.31. The molecule has 1 saturated heterocycles. The van der Waals surface area contributed by atoms with Crippen LogP contribution in [0.4, 0.5) is 4.39 Å². The zero-order valence-electron chi connectivity index (χ0n) is 21.3. The van der Waals surface area contributed by atoms with Gasteiger partial charge in [-0.1, -0.05) is 41.5 Å². The Bertz CT molecular complexity index is 1040. The molecule has 1 aromatic heterocycles. The number of aromatic nitrogens is 2. The smallest absolute Gasteiger partial charge is 0.353 e. The van der Waals surface area contributed by atoms with E-state index in [9.17, 15) is 19.2 Å². The van der Waals surface area contributed by atoms with E-state index in [1.165, 1.54) is 26.1 Å². The zero-order chi connectivity index (χ0) is 26.8. The molecule has 2 aliphatic rings. The lowest BCUT2D eigenvalue weighted by atomic mass is 10.1. The van der Waals surface area contributed by atoms with E-state index >= 15 is 4.39 Å². The molecule has 2 heterocycles. The first-order valence-corrected chi connectivity index (χ1v) is 12.0. The fraction of sp³-hybridized carbons (Fsp3) is 0.708. The summed E-state index contributed by atoms with van der Waals surface area (Å²) in [7, 11) is 0. The standard InChI is InChI=1S/C24H33FN2O9/c1-12(2)20(28)32-11-24(25)18(35-22(30)14(5)6)17(34-21(29)13(3)4)19(36-24)27-10-9-16(26-23(27)31)33-15-7-8-15/h9-10,12-15,17-19H,7-8,11H2,1-6H3/t17-,18+,19-,24-/m1/s1. The van der Waals surface area contributed by atoms with Crippen LogP contribution in [0, 0.1) is 17.8 Å². The van der Waals surface area contributed by atoms with Gasteiger partial charge in [0.1, 0.15) is 6.10 Å². The Balaban J connectivity index is 2.00. The summed E-state index contributed by atoms with van der Waals surface area (Å²) in [6.07, 6.45) is -2.03. The number of alkyl halides is 1. The fourth-order valence-corrected chi connectivity index (χ4v) is 3.22. The molecule has 0 aromatic carbocycles. The van der Waals surface area contributed by atoms with Crippen LogP contribution in [0.1, 0.15) is 60.6 Å². The van der Waals surface area contributed by atoms with Crippen LogP contribution in [-0.2, 0) is 33.3 Å². The molecule has 1 aromatic rings. The van der Waals surface area contributed by atoms with Gasteiger partial charge in [0.15, 0.2) is 18.9 Å². The maximum absolute atomic E-state index is 16.3. The van der Waals surface area contributed by atoms with Gasteiger partial charge in [0, 0.05) is 12.3 Å². The summed E-state index contributed by atoms with van der Waals surface area (Å²) >= 11 is 0. The number of carbonyl (C=O) groups excluding carboxylic acids is 3. The van der Waals surface area contributed by atoms with Crippen LogP contribution >= 0.6 is 0 Å². The highest BCUT2D eigenvalue weighted by Gasteiger charge is 2.62. The van der Waals surface area contributed by atoms with E-state index in [0.717, 1.165) is 17.4 Å². The van der Waals surface area contributed by atoms with Crippen molar-refractivity contribution in [2.24, 2.45) is 17.8 Å². The summed E-state index contributed by atoms with van der Waals surface area (Å²) in [5.74, 6) is -6.94. The Morgan fingerprint density at radius 2 is 1.64 bits per heavy atom. The van der Waals surface area contributed by atoms with E-state index in [0.29, 0.717) is 0 Å². The number of hydrogen-bond acceptors (Lipinski definition) is 10. The lowest BCUT2D eigenvalue weighted by Gasteiger charge is -2.28. The van der Waals surface area contributed by atoms with Gasteiger partial charge in [-0.25, -0.2) is 9.18 Å². The molecule has 1 saturated carbocycles. The topological polar surface area (TPSA) is 132 Å². The summed E-state index contributed by atoms with van der Waals surface area (Å²) in [4.78, 5) is 53.7. The van der Waals surface area contributed by atoms with Gasteiger partial charge >= 0.3 is 23.6 Å². The third-order valence-electron chi connectivity index (χ3n) is 5.53. The molecule has 2 fully saturated rings. The molecule has 1 aliphatic carbocycles. The highest BCUT2D eigenvalue weighted by Crippen LogP contribution is 2.42. The highest BCUT2D eigenvalue weighted by molar-refractivity contribution is 5.73. The van der Waals surface area contributed by atoms with Crippen molar-refractivity contribution in [2.45, 2.75) is 84.8 Å². The minimum absolute atomic E-state index is 0.0100. The highest BCUT2D eigenvalue weighted by atomic mass is 19.2. The lowest BCUT2D eigenvalue weighted by molar-refractivity contribution is -0.226. The summed E-state index contributed by atoms with van der Waals surface area (Å²) in [5, 5.41) is 0. The number of halogens is 1. The lowest BCUT2D eigenvalue weighted by Crippen LogP contribution is -2.48. The molecule has 4 atom stereocenters. The maximum atomic E-state index is 16.3. The van der Waals surface area contributed by atoms with Crippen molar-refractivity contribution in [3.63, 3.8) is 0 Å². The van der Waals surface area contributed by atoms with Crippen LogP contribution in [0.25, 0.3) is 0 Å². The van der Waals surface area contributed by atoms with Crippen molar-refractivity contribution in [3.8, 4) is 5.88 Å². The van der Waals surface area contributed by atoms with Crippen LogP contribution in [-0.4, -0.2) is 58.2 Å². The summed E-state index contributed by atoms with van der Waals surface area (Å²) in [6.45, 7) is 8.36. The molecule has 0 bridgehead atoms. The molecule has 0 amide bonds. The van der Waals surface area contributed by atoms with E-state index in [4.69, 9.17) is 23.7 Å². The van der Waals surface area contributed by atoms with E-state index in [2.05, 4.69) is 4.98 Å². The van der Waals surface area contributed by atoms with E-state index in [1.807, 2.05) is 0 Å². The van der Waals surface area contributed by atoms with E-state index in [1.54, 1.807) is 27.7 Å². The van der Waals surface area contributed by atoms with Crippen molar-refractivity contribution >= 4 is 17.9 Å². The average molecular weight is 513 g/mol. The molecule has 11 nitrogen and oxygen atoms in total. The van der Waals surface area contributed by atoms with E-state index < -0.39 is 72.2 Å². The summed E-state index contributed by atoms with van der Waals surface area (Å²) in [6, 6.07) is 1.40. The van der Waals surface area contributed by atoms with Gasteiger partial charge in [0.05, 0.1) is 17.8 Å². The second-order valence-electron chi connectivity index (χ2n) is 9.90. The first-order valence-electron chi connectivity index (χ1n) is 12.0. The molecule has 1 aliphatic heterocycles. The fourth-order valence-electron chi connectivity index (χ4n) is 3.22. The quantitative estimate of drug-likeness (QED) is 0.340. The molecule has 0 N–H and O–H groups in total. The van der Waals surface area contributed by atoms with Gasteiger partial charge in [-0.2, -0.15) is 4.98 Å². The van der Waals surface area contributed by atoms with Crippen molar-refractivity contribution in [2.75, 3.05) is 6.61 Å². The molecule has 36 heavy (non-hydrogen) atoms. The summed E-state index contributed by atoms with van der Waals surface area (Å²) < 4.78 is 44.3. The molecule has 12 heteroatoms. The van der Waals surface area contributed by atoms with Crippen LogP contribution < -0.4 is 10.4 Å². The first kappa shape index (κ1) is 27.6. The zero-order valence-corrected chi connectivity index (χ0v) is 21.3. The normalized spacial score (nSPS) is 25.8. The largest absolute Gasteiger partial charge is 0.474 e. The number of hydrogen-bond donors (Lipinski definition) is 0. The number of nitrogens with zero attached hydrogens (tertiary/aromatic N) is 2. The van der Waals surface area contributed by atoms with Gasteiger partial charge in [-0.3, -0.25) is 19.0 Å². The minimum Gasteiger partial charge on any atom is -0.474 e. The summed E-state index contributed by atoms with van der Waals surface area (Å²) in [5.41, 5.74) is -0.860. The first-order chi connectivity index (χ1) is 16.8. The van der Waals surface area contributed by atoms with Crippen molar-refractivity contribution in [3.05, 3.63) is 22.7 Å². The Hall–Kier alpha value is -3.02. The third-order valence-corrected chi connectivity index (χ3v) is 5.53. The Morgan fingerprint density at radius 3 is 2.17 bits per heavy atom. The molecular formula is C24H33FN2O9. The Kier molecular flexibility index (Phi) is 8.37. The molecule has 3 rings (SSSR count). The molecule has 200 valence electrons. The number of rotatable bonds is 10. The van der Waals surface area contributed by atoms with Crippen LogP contribution in [0.15, 0.2) is 17.1 Å². The van der Waals surface area contributed by atoms with Gasteiger partial charge in [0.25, 0.3) is 5.85 Å². The van der Waals surface area contributed by atoms with Gasteiger partial charge in [-0.15, -0.1) is 0 Å². The van der Waals surface area contributed by atoms with Crippen molar-refractivity contribution in [1.29, 1.82) is 0 Å². The SMILES string of the molecule is CC(C)C(=O)OC[C@@]1(F)O[C@@H](n2ccc(OC3CC3)nc2=O)[C@H](OC(=O)C(C)C)[C@@H]1OC(=O)C(C)C. The van der Waals surface area contributed by atoms with E-state index in [-0.39, 0.29) is 12.0 Å². The maximum Gasteiger partial charge on any atom is 0.353 e. The van der Waals surface area contributed by atoms with Crippen LogP contribution in [0.3, 0.4) is 0 Å². The molecule has 0 spiro atoms. The molecule has 0 unspecified atom stereocenters. The van der Waals surface area contributed by atoms with Gasteiger partial charge in [-0.05, 0) is 12.8 Å². The number of carbonyl (C=O) groups is 3. The van der Waals surface area contributed by atoms with Gasteiger partial charge in [0.2, 0.25) is 12.0 Å². The second kappa shape index (κ2) is 10.9. The van der Waals surface area contributed by atoms with Gasteiger partial charge < -0.3 is 23.7 Å². The number of esters is 3. The van der Waals surface area contributed by atoms with Crippen LogP contribution in [0.5, 0.6) is 5.88 Å². The molecular weight excluding hydrogens is 479 g/mol. The molecule has 0 radical (unpaired) electrons. The predicted molar refractivity (Wildman–Crippen MR) is 121 cm³/mol. The second-order valence-corrected chi connectivity index (χ2v) is 9.90. The third kappa shape index (κ3) is 6.40. The van der Waals surface area contributed by atoms with Crippen molar-refractivity contribution < 1.29 is 42.5 Å². The van der Waals surface area contributed by atoms with Crippen molar-refractivity contribution in [1.82, 2.24) is 9.55 Å². The number of ether oxygens (including phenoxy) is 5. The average Bonchev–Trinajstić information content (AvgIpc) is 3.57.